The lowest BCUT2D eigenvalue weighted by Gasteiger charge is -2.03. The van der Waals surface area contributed by atoms with Crippen LogP contribution in [-0.4, -0.2) is 38.6 Å². The van der Waals surface area contributed by atoms with E-state index in [4.69, 9.17) is 9.26 Å². The van der Waals surface area contributed by atoms with E-state index in [9.17, 15) is 0 Å². The van der Waals surface area contributed by atoms with E-state index in [0.717, 1.165) is 10.7 Å². The van der Waals surface area contributed by atoms with Crippen molar-refractivity contribution < 1.29 is 9.26 Å². The van der Waals surface area contributed by atoms with Gasteiger partial charge in [0.25, 0.3) is 0 Å². The molecule has 8 heteroatoms. The molecule has 0 atom stereocenters. The third-order valence-corrected chi connectivity index (χ3v) is 3.91. The molecule has 0 aliphatic carbocycles. The van der Waals surface area contributed by atoms with Crippen LogP contribution >= 0.6 is 11.8 Å². The van der Waals surface area contributed by atoms with Gasteiger partial charge < -0.3 is 13.8 Å². The molecule has 3 rings (SSSR count). The van der Waals surface area contributed by atoms with Crippen molar-refractivity contribution in [3.63, 3.8) is 0 Å². The maximum Gasteiger partial charge on any atom is 0.237 e. The number of thioether (sulfide) groups is 1. The highest BCUT2D eigenvalue weighted by Gasteiger charge is 2.11. The van der Waals surface area contributed by atoms with E-state index >= 15 is 0 Å². The van der Waals surface area contributed by atoms with Crippen LogP contribution in [0, 0.1) is 0 Å². The molecule has 0 saturated heterocycles. The summed E-state index contributed by atoms with van der Waals surface area (Å²) in [6, 6.07) is 9.73. The minimum atomic E-state index is 0.547. The van der Waals surface area contributed by atoms with Crippen LogP contribution in [0.25, 0.3) is 11.4 Å². The van der Waals surface area contributed by atoms with Crippen molar-refractivity contribution in [2.24, 2.45) is 0 Å². The van der Waals surface area contributed by atoms with E-state index in [2.05, 4.69) is 20.3 Å². The summed E-state index contributed by atoms with van der Waals surface area (Å²) in [5.74, 6) is 1.70. The first-order valence-electron chi connectivity index (χ1n) is 6.74. The largest absolute Gasteiger partial charge is 0.383 e. The first-order chi connectivity index (χ1) is 10.9. The van der Waals surface area contributed by atoms with E-state index in [1.165, 1.54) is 11.8 Å². The first kappa shape index (κ1) is 14.7. The summed E-state index contributed by atoms with van der Waals surface area (Å²) in [5, 5.41) is 12.8. The number of hydrogen-bond donors (Lipinski definition) is 0. The van der Waals surface area contributed by atoms with Crippen LogP contribution in [0.15, 0.2) is 46.3 Å². The molecule has 0 radical (unpaired) electrons. The van der Waals surface area contributed by atoms with Crippen LogP contribution in [0.2, 0.25) is 0 Å². The number of ether oxygens (including phenoxy) is 1. The van der Waals surface area contributed by atoms with Gasteiger partial charge in [0.05, 0.1) is 12.4 Å². The maximum absolute atomic E-state index is 5.27. The Morgan fingerprint density at radius 3 is 2.95 bits per heavy atom. The average Bonchev–Trinajstić information content (AvgIpc) is 3.21. The zero-order valence-electron chi connectivity index (χ0n) is 12.0. The molecular weight excluding hydrogens is 302 g/mol. The van der Waals surface area contributed by atoms with Gasteiger partial charge in [-0.1, -0.05) is 47.3 Å². The van der Waals surface area contributed by atoms with Crippen molar-refractivity contribution in [1.82, 2.24) is 24.9 Å². The fourth-order valence-corrected chi connectivity index (χ4v) is 2.62. The second kappa shape index (κ2) is 7.19. The van der Waals surface area contributed by atoms with Gasteiger partial charge in [-0.2, -0.15) is 4.98 Å². The summed E-state index contributed by atoms with van der Waals surface area (Å²) >= 11 is 1.50. The molecule has 0 N–H and O–H groups in total. The van der Waals surface area contributed by atoms with E-state index in [-0.39, 0.29) is 0 Å². The fraction of sp³-hybridized carbons (Fsp3) is 0.286. The molecule has 2 heterocycles. The van der Waals surface area contributed by atoms with Gasteiger partial charge >= 0.3 is 0 Å². The van der Waals surface area contributed by atoms with Crippen LogP contribution in [0.4, 0.5) is 0 Å². The molecule has 22 heavy (non-hydrogen) atoms. The van der Waals surface area contributed by atoms with Crippen LogP contribution < -0.4 is 0 Å². The van der Waals surface area contributed by atoms with Crippen molar-refractivity contribution in [3.05, 3.63) is 42.5 Å². The zero-order chi connectivity index (χ0) is 15.2. The highest BCUT2D eigenvalue weighted by Crippen LogP contribution is 2.21. The Morgan fingerprint density at radius 2 is 2.14 bits per heavy atom. The van der Waals surface area contributed by atoms with Crippen molar-refractivity contribution in [2.45, 2.75) is 17.5 Å². The average molecular weight is 317 g/mol. The lowest BCUT2D eigenvalue weighted by molar-refractivity contribution is 0.184. The smallest absolute Gasteiger partial charge is 0.237 e. The van der Waals surface area contributed by atoms with Crippen LogP contribution in [-0.2, 0) is 17.0 Å². The molecule has 0 spiro atoms. The van der Waals surface area contributed by atoms with Crippen LogP contribution in [0.1, 0.15) is 5.89 Å². The molecule has 0 bridgehead atoms. The standard InChI is InChI=1S/C14H15N5O2S/c1-20-8-7-19-10-15-17-14(19)22-9-12-16-13(18-21-12)11-5-3-2-4-6-11/h2-6,10H,7-9H2,1H3. The SMILES string of the molecule is COCCn1cnnc1SCc1nc(-c2ccccc2)no1. The first-order valence-corrected chi connectivity index (χ1v) is 7.73. The van der Waals surface area contributed by atoms with Crippen molar-refractivity contribution >= 4 is 11.8 Å². The fourth-order valence-electron chi connectivity index (χ4n) is 1.84. The van der Waals surface area contributed by atoms with E-state index in [1.54, 1.807) is 13.4 Å². The Hall–Kier alpha value is -2.19. The van der Waals surface area contributed by atoms with Gasteiger partial charge in [0.1, 0.15) is 6.33 Å². The van der Waals surface area contributed by atoms with Gasteiger partial charge in [-0.25, -0.2) is 0 Å². The molecule has 3 aromatic rings. The van der Waals surface area contributed by atoms with Gasteiger partial charge in [-0.15, -0.1) is 10.2 Å². The summed E-state index contributed by atoms with van der Waals surface area (Å²) in [7, 11) is 1.67. The third-order valence-electron chi connectivity index (χ3n) is 2.94. The van der Waals surface area contributed by atoms with Gasteiger partial charge in [0, 0.05) is 19.2 Å². The number of hydrogen-bond acceptors (Lipinski definition) is 7. The zero-order valence-corrected chi connectivity index (χ0v) is 12.9. The van der Waals surface area contributed by atoms with E-state index < -0.39 is 0 Å². The van der Waals surface area contributed by atoms with Crippen LogP contribution in [0.3, 0.4) is 0 Å². The Labute approximate surface area is 131 Å². The lowest BCUT2D eigenvalue weighted by Crippen LogP contribution is -2.04. The molecule has 1 aromatic carbocycles. The van der Waals surface area contributed by atoms with Gasteiger partial charge in [-0.3, -0.25) is 0 Å². The predicted octanol–water partition coefficient (Wildman–Crippen LogP) is 2.27. The summed E-state index contributed by atoms with van der Waals surface area (Å²) in [4.78, 5) is 4.39. The third kappa shape index (κ3) is 3.52. The molecule has 0 saturated carbocycles. The molecule has 0 aliphatic heterocycles. The van der Waals surface area contributed by atoms with Gasteiger partial charge in [0.15, 0.2) is 5.16 Å². The van der Waals surface area contributed by atoms with Crippen molar-refractivity contribution in [2.75, 3.05) is 13.7 Å². The van der Waals surface area contributed by atoms with E-state index in [1.807, 2.05) is 34.9 Å². The molecule has 114 valence electrons. The number of aromatic nitrogens is 5. The number of methoxy groups -OCH3 is 1. The lowest BCUT2D eigenvalue weighted by atomic mass is 10.2. The Morgan fingerprint density at radius 1 is 1.27 bits per heavy atom. The maximum atomic E-state index is 5.27. The van der Waals surface area contributed by atoms with Crippen LogP contribution in [0.5, 0.6) is 0 Å². The monoisotopic (exact) mass is 317 g/mol. The van der Waals surface area contributed by atoms with Crippen molar-refractivity contribution in [1.29, 1.82) is 0 Å². The molecule has 0 aliphatic rings. The Kier molecular flexibility index (Phi) is 4.81. The van der Waals surface area contributed by atoms with Gasteiger partial charge in [-0.05, 0) is 0 Å². The summed E-state index contributed by atoms with van der Waals surface area (Å²) in [6.07, 6.45) is 1.69. The minimum Gasteiger partial charge on any atom is -0.383 e. The molecule has 0 amide bonds. The molecular formula is C14H15N5O2S. The quantitative estimate of drug-likeness (QED) is 0.618. The summed E-state index contributed by atoms with van der Waals surface area (Å²) in [5.41, 5.74) is 0.936. The highest BCUT2D eigenvalue weighted by atomic mass is 32.2. The van der Waals surface area contributed by atoms with Gasteiger partial charge in [0.2, 0.25) is 11.7 Å². The summed E-state index contributed by atoms with van der Waals surface area (Å²) in [6.45, 7) is 1.33. The Bertz CT molecular complexity index is 713. The topological polar surface area (TPSA) is 78.9 Å². The Balaban J connectivity index is 1.63. The van der Waals surface area contributed by atoms with Crippen molar-refractivity contribution in [3.8, 4) is 11.4 Å². The molecule has 7 nitrogen and oxygen atoms in total. The normalized spacial score (nSPS) is 11.0. The number of benzene rings is 1. The predicted molar refractivity (Wildman–Crippen MR) is 81.2 cm³/mol. The molecule has 0 fully saturated rings. The second-order valence-corrected chi connectivity index (χ2v) is 5.41. The highest BCUT2D eigenvalue weighted by molar-refractivity contribution is 7.98. The summed E-state index contributed by atoms with van der Waals surface area (Å²) < 4.78 is 12.3. The minimum absolute atomic E-state index is 0.547. The number of nitrogens with zero attached hydrogens (tertiary/aromatic N) is 5. The van der Waals surface area contributed by atoms with E-state index in [0.29, 0.717) is 30.6 Å². The molecule has 2 aromatic heterocycles. The molecule has 0 unspecified atom stereocenters. The second-order valence-electron chi connectivity index (χ2n) is 4.47. The number of rotatable bonds is 7.